The molecule has 1 aromatic rings. The van der Waals surface area contributed by atoms with Crippen LogP contribution in [0.25, 0.3) is 0 Å². The van der Waals surface area contributed by atoms with Gasteiger partial charge < -0.3 is 5.11 Å². The molecule has 17 heavy (non-hydrogen) atoms. The van der Waals surface area contributed by atoms with Gasteiger partial charge in [-0.2, -0.15) is 0 Å². The lowest BCUT2D eigenvalue weighted by Crippen LogP contribution is -2.09. The van der Waals surface area contributed by atoms with Gasteiger partial charge in [-0.3, -0.25) is 4.79 Å². The Hall–Kier alpha value is 0.630. The van der Waals surface area contributed by atoms with Crippen LogP contribution in [0.4, 0.5) is 0 Å². The van der Waals surface area contributed by atoms with Crippen LogP contribution in [0.3, 0.4) is 0 Å². The quantitative estimate of drug-likeness (QED) is 0.503. The second-order valence-electron chi connectivity index (χ2n) is 4.98. The van der Waals surface area contributed by atoms with Crippen LogP contribution >= 0.6 is 56.5 Å². The Morgan fingerprint density at radius 1 is 1.29 bits per heavy atom. The van der Waals surface area contributed by atoms with Gasteiger partial charge in [-0.05, 0) is 39.3 Å². The number of carbonyl (C=O) groups is 1. The number of hydrogen-bond acceptors (Lipinski definition) is 2. The van der Waals surface area contributed by atoms with Crippen LogP contribution in [0.5, 0.6) is 0 Å². The fourth-order valence-corrected chi connectivity index (χ4v) is 3.85. The Bertz CT molecular complexity index is 425. The van der Waals surface area contributed by atoms with E-state index in [0.717, 1.165) is 5.56 Å². The number of halogens is 2. The van der Waals surface area contributed by atoms with Gasteiger partial charge in [0.05, 0.1) is 13.3 Å². The summed E-state index contributed by atoms with van der Waals surface area (Å²) in [5.74, 6) is -0.762. The van der Waals surface area contributed by atoms with Crippen molar-refractivity contribution in [3.05, 3.63) is 21.4 Å². The first-order chi connectivity index (χ1) is 7.51. The van der Waals surface area contributed by atoms with Crippen LogP contribution in [0, 0.1) is 0 Å². The van der Waals surface area contributed by atoms with Crippen molar-refractivity contribution in [1.29, 1.82) is 0 Å². The minimum atomic E-state index is -0.762. The molecule has 96 valence electrons. The molecule has 1 aromatic heterocycles. The fourth-order valence-electron chi connectivity index (χ4n) is 1.52. The molecule has 0 atom stereocenters. The zero-order valence-electron chi connectivity index (χ0n) is 10.3. The lowest BCUT2D eigenvalue weighted by Gasteiger charge is -2.17. The lowest BCUT2D eigenvalue weighted by atomic mass is 10.0. The van der Waals surface area contributed by atoms with Gasteiger partial charge >= 0.3 is 5.97 Å². The molecule has 0 spiro atoms. The number of carboxylic acids is 1. The van der Waals surface area contributed by atoms with E-state index in [4.69, 9.17) is 5.11 Å². The highest BCUT2D eigenvalue weighted by Crippen LogP contribution is 2.44. The first kappa shape index (κ1) is 15.7. The summed E-state index contributed by atoms with van der Waals surface area (Å²) in [7, 11) is 0. The second kappa shape index (κ2) is 5.32. The van der Waals surface area contributed by atoms with Gasteiger partial charge in [0.25, 0.3) is 0 Å². The van der Waals surface area contributed by atoms with Crippen molar-refractivity contribution in [3.63, 3.8) is 0 Å². The third kappa shape index (κ3) is 4.34. The summed E-state index contributed by atoms with van der Waals surface area (Å²) in [6, 6.07) is 2.06. The van der Waals surface area contributed by atoms with Gasteiger partial charge in [0.2, 0.25) is 0 Å². The Morgan fingerprint density at radius 2 is 1.82 bits per heavy atom. The fraction of sp³-hybridized carbons (Fsp3) is 0.583. The Labute approximate surface area is 133 Å². The first-order valence-corrected chi connectivity index (χ1v) is 8.22. The SMILES string of the molecule is CC(C)(I)c1cc(CC(=O)O)c(C(C)(C)I)s1. The monoisotopic (exact) mass is 478 g/mol. The molecule has 0 aliphatic carbocycles. The van der Waals surface area contributed by atoms with E-state index in [0.29, 0.717) is 0 Å². The molecule has 0 fully saturated rings. The van der Waals surface area contributed by atoms with Crippen molar-refractivity contribution < 1.29 is 9.90 Å². The summed E-state index contributed by atoms with van der Waals surface area (Å²) in [4.78, 5) is 13.3. The van der Waals surface area contributed by atoms with E-state index in [1.165, 1.54) is 9.75 Å². The van der Waals surface area contributed by atoms with Crippen molar-refractivity contribution >= 4 is 62.5 Å². The van der Waals surface area contributed by atoms with Crippen LogP contribution in [0.2, 0.25) is 0 Å². The molecule has 1 N–H and O–H groups in total. The van der Waals surface area contributed by atoms with E-state index in [-0.39, 0.29) is 13.3 Å². The molecule has 0 saturated heterocycles. The topological polar surface area (TPSA) is 37.3 Å². The molecule has 0 aliphatic rings. The average molecular weight is 478 g/mol. The molecule has 0 unspecified atom stereocenters. The van der Waals surface area contributed by atoms with Crippen LogP contribution in [0.1, 0.15) is 43.0 Å². The maximum absolute atomic E-state index is 10.9. The van der Waals surface area contributed by atoms with Crippen molar-refractivity contribution in [2.45, 2.75) is 41.0 Å². The van der Waals surface area contributed by atoms with Gasteiger partial charge in [-0.15, -0.1) is 11.3 Å². The minimum absolute atomic E-state index is 0.0205. The highest BCUT2D eigenvalue weighted by atomic mass is 127. The van der Waals surface area contributed by atoms with Crippen molar-refractivity contribution in [1.82, 2.24) is 0 Å². The van der Waals surface area contributed by atoms with Crippen LogP contribution in [-0.4, -0.2) is 11.1 Å². The van der Waals surface area contributed by atoms with E-state index in [2.05, 4.69) is 78.9 Å². The predicted octanol–water partition coefficient (Wildman–Crippen LogP) is 4.72. The summed E-state index contributed by atoms with van der Waals surface area (Å²) in [5.41, 5.74) is 0.960. The summed E-state index contributed by atoms with van der Waals surface area (Å²) < 4.78 is 0.0309. The number of aliphatic carboxylic acids is 1. The molecule has 0 radical (unpaired) electrons. The van der Waals surface area contributed by atoms with Gasteiger partial charge in [-0.25, -0.2) is 0 Å². The van der Waals surface area contributed by atoms with Gasteiger partial charge in [0.15, 0.2) is 0 Å². The highest BCUT2D eigenvalue weighted by molar-refractivity contribution is 14.1. The molecule has 1 rings (SSSR count). The Morgan fingerprint density at radius 3 is 2.18 bits per heavy atom. The molecule has 1 heterocycles. The van der Waals surface area contributed by atoms with E-state index >= 15 is 0 Å². The molecule has 5 heteroatoms. The molecule has 2 nitrogen and oxygen atoms in total. The van der Waals surface area contributed by atoms with E-state index < -0.39 is 5.97 Å². The average Bonchev–Trinajstić information content (AvgIpc) is 2.44. The van der Waals surface area contributed by atoms with Gasteiger partial charge in [0, 0.05) is 9.75 Å². The maximum atomic E-state index is 10.9. The largest absolute Gasteiger partial charge is 0.481 e. The third-order valence-corrected chi connectivity index (χ3v) is 5.95. The number of thiophene rings is 1. The maximum Gasteiger partial charge on any atom is 0.307 e. The van der Waals surface area contributed by atoms with Gasteiger partial charge in [-0.1, -0.05) is 45.2 Å². The standard InChI is InChI=1S/C12H16I2O2S/c1-11(2,13)8-5-7(6-9(15)16)10(17-8)12(3,4)14/h5H,6H2,1-4H3,(H,15,16). The van der Waals surface area contributed by atoms with Crippen LogP contribution in [0.15, 0.2) is 6.07 Å². The highest BCUT2D eigenvalue weighted by Gasteiger charge is 2.28. The smallest absolute Gasteiger partial charge is 0.307 e. The Kier molecular flexibility index (Phi) is 4.91. The number of alkyl halides is 2. The van der Waals surface area contributed by atoms with Crippen LogP contribution < -0.4 is 0 Å². The molecule has 0 saturated carbocycles. The van der Waals surface area contributed by atoms with E-state index in [1.54, 1.807) is 11.3 Å². The summed E-state index contributed by atoms with van der Waals surface area (Å²) >= 11 is 6.50. The number of carboxylic acid groups (broad SMARTS) is 1. The van der Waals surface area contributed by atoms with Crippen molar-refractivity contribution in [2.24, 2.45) is 0 Å². The summed E-state index contributed by atoms with van der Waals surface area (Å²) in [5, 5.41) is 8.97. The van der Waals surface area contributed by atoms with E-state index in [9.17, 15) is 4.79 Å². The number of rotatable bonds is 4. The summed E-state index contributed by atoms with van der Waals surface area (Å²) in [6.07, 6.45) is 0.116. The minimum Gasteiger partial charge on any atom is -0.481 e. The number of hydrogen-bond donors (Lipinski definition) is 1. The second-order valence-corrected chi connectivity index (χ2v) is 11.4. The lowest BCUT2D eigenvalue weighted by molar-refractivity contribution is -0.136. The molecule has 0 aromatic carbocycles. The zero-order valence-corrected chi connectivity index (χ0v) is 15.4. The van der Waals surface area contributed by atoms with Crippen molar-refractivity contribution in [2.75, 3.05) is 0 Å². The van der Waals surface area contributed by atoms with Crippen LogP contribution in [-0.2, 0) is 18.1 Å². The zero-order chi connectivity index (χ0) is 13.4. The first-order valence-electron chi connectivity index (χ1n) is 5.25. The molecule has 0 aliphatic heterocycles. The summed E-state index contributed by atoms with van der Waals surface area (Å²) in [6.45, 7) is 8.53. The molecular formula is C12H16I2O2S. The molecule has 0 amide bonds. The normalized spacial score (nSPS) is 12.8. The third-order valence-electron chi connectivity index (χ3n) is 2.28. The van der Waals surface area contributed by atoms with E-state index in [1.807, 2.05) is 0 Å². The van der Waals surface area contributed by atoms with Crippen molar-refractivity contribution in [3.8, 4) is 0 Å². The molecule has 0 bridgehead atoms. The Balaban J connectivity index is 3.27. The van der Waals surface area contributed by atoms with Gasteiger partial charge in [0.1, 0.15) is 0 Å². The molecular weight excluding hydrogens is 462 g/mol. The predicted molar refractivity (Wildman–Crippen MR) is 89.8 cm³/mol.